The van der Waals surface area contributed by atoms with Crippen molar-refractivity contribution in [2.24, 2.45) is 0 Å². The van der Waals surface area contributed by atoms with Crippen LogP contribution in [0.15, 0.2) is 49.2 Å². The van der Waals surface area contributed by atoms with E-state index >= 15 is 0 Å². The van der Waals surface area contributed by atoms with Crippen molar-refractivity contribution in [2.75, 3.05) is 25.5 Å². The zero-order valence-electron chi connectivity index (χ0n) is 15.7. The van der Waals surface area contributed by atoms with Crippen molar-refractivity contribution in [1.29, 1.82) is 0 Å². The molecule has 4 heterocycles. The van der Waals surface area contributed by atoms with Crippen LogP contribution in [-0.4, -0.2) is 55.0 Å². The van der Waals surface area contributed by atoms with Crippen molar-refractivity contribution >= 4 is 22.5 Å². The summed E-state index contributed by atoms with van der Waals surface area (Å²) in [4.78, 5) is 11.5. The molecule has 1 aliphatic heterocycles. The molecule has 0 bridgehead atoms. The summed E-state index contributed by atoms with van der Waals surface area (Å²) in [6.07, 6.45) is 11.7. The number of fused-ring (bicyclic) bond motifs is 1. The molecule has 4 aromatic rings. The SMILES string of the molecule is CN1CCC(n2cc(Nc3ncc4ccc(-c5cn[nH]c5)cc4n3)cn2)CC1. The monoisotopic (exact) mass is 374 g/mol. The molecule has 5 rings (SSSR count). The van der Waals surface area contributed by atoms with Gasteiger partial charge in [0.1, 0.15) is 0 Å². The zero-order valence-corrected chi connectivity index (χ0v) is 15.7. The Labute approximate surface area is 162 Å². The Kier molecular flexibility index (Phi) is 4.25. The molecule has 8 nitrogen and oxygen atoms in total. The minimum Gasteiger partial charge on any atom is -0.321 e. The van der Waals surface area contributed by atoms with Crippen LogP contribution < -0.4 is 5.32 Å². The number of benzene rings is 1. The highest BCUT2D eigenvalue weighted by atomic mass is 15.3. The van der Waals surface area contributed by atoms with Crippen LogP contribution in [0.4, 0.5) is 11.6 Å². The Morgan fingerprint density at radius 3 is 2.82 bits per heavy atom. The summed E-state index contributed by atoms with van der Waals surface area (Å²) in [5.74, 6) is 0.569. The summed E-state index contributed by atoms with van der Waals surface area (Å²) in [5, 5.41) is 15.7. The van der Waals surface area contributed by atoms with Gasteiger partial charge < -0.3 is 10.2 Å². The topological polar surface area (TPSA) is 87.5 Å². The molecular formula is C20H22N8. The fourth-order valence-corrected chi connectivity index (χ4v) is 3.66. The van der Waals surface area contributed by atoms with Crippen LogP contribution in [-0.2, 0) is 0 Å². The molecule has 0 unspecified atom stereocenters. The van der Waals surface area contributed by atoms with Crippen LogP contribution in [0.2, 0.25) is 0 Å². The largest absolute Gasteiger partial charge is 0.321 e. The van der Waals surface area contributed by atoms with Crippen LogP contribution in [0, 0.1) is 0 Å². The number of anilines is 2. The van der Waals surface area contributed by atoms with Gasteiger partial charge in [0.2, 0.25) is 5.95 Å². The van der Waals surface area contributed by atoms with Gasteiger partial charge >= 0.3 is 0 Å². The zero-order chi connectivity index (χ0) is 18.9. The molecule has 142 valence electrons. The van der Waals surface area contributed by atoms with Crippen molar-refractivity contribution in [3.05, 3.63) is 49.2 Å². The molecule has 0 spiro atoms. The number of piperidine rings is 1. The van der Waals surface area contributed by atoms with E-state index in [-0.39, 0.29) is 0 Å². The van der Waals surface area contributed by atoms with Gasteiger partial charge in [0.05, 0.1) is 29.6 Å². The first-order valence-corrected chi connectivity index (χ1v) is 9.50. The third-order valence-electron chi connectivity index (χ3n) is 5.33. The average molecular weight is 374 g/mol. The summed E-state index contributed by atoms with van der Waals surface area (Å²) in [6, 6.07) is 6.59. The van der Waals surface area contributed by atoms with Crippen molar-refractivity contribution in [1.82, 2.24) is 34.8 Å². The average Bonchev–Trinajstić information content (AvgIpc) is 3.40. The van der Waals surface area contributed by atoms with E-state index in [0.717, 1.165) is 53.6 Å². The van der Waals surface area contributed by atoms with Crippen molar-refractivity contribution in [3.63, 3.8) is 0 Å². The van der Waals surface area contributed by atoms with E-state index in [1.807, 2.05) is 30.9 Å². The molecule has 0 radical (unpaired) electrons. The molecule has 0 saturated carbocycles. The summed E-state index contributed by atoms with van der Waals surface area (Å²) in [6.45, 7) is 2.22. The van der Waals surface area contributed by atoms with Crippen LogP contribution in [0.25, 0.3) is 22.0 Å². The van der Waals surface area contributed by atoms with Crippen molar-refractivity contribution in [3.8, 4) is 11.1 Å². The third-order valence-corrected chi connectivity index (χ3v) is 5.33. The standard InChI is InChI=1S/C20H22N8/c1-27-6-4-18(5-7-27)28-13-17(12-24-28)25-20-21-9-15-3-2-14(8-19(15)26-20)16-10-22-23-11-16/h2-3,8-13,18H,4-7H2,1H3,(H,22,23)(H,21,25,26). The predicted molar refractivity (Wildman–Crippen MR) is 108 cm³/mol. The first-order valence-electron chi connectivity index (χ1n) is 9.50. The van der Waals surface area contributed by atoms with Gasteiger partial charge in [0, 0.05) is 29.5 Å². The lowest BCUT2D eigenvalue weighted by Crippen LogP contribution is -2.31. The number of aromatic nitrogens is 6. The van der Waals surface area contributed by atoms with E-state index in [2.05, 4.69) is 59.3 Å². The second kappa shape index (κ2) is 7.05. The number of H-pyrrole nitrogens is 1. The van der Waals surface area contributed by atoms with Gasteiger partial charge in [-0.1, -0.05) is 12.1 Å². The summed E-state index contributed by atoms with van der Waals surface area (Å²) >= 11 is 0. The van der Waals surface area contributed by atoms with Gasteiger partial charge in [0.15, 0.2) is 0 Å². The van der Waals surface area contributed by atoms with E-state index in [1.165, 1.54) is 0 Å². The normalized spacial score (nSPS) is 15.9. The van der Waals surface area contributed by atoms with E-state index in [9.17, 15) is 0 Å². The lowest BCUT2D eigenvalue weighted by molar-refractivity contribution is 0.212. The molecule has 0 atom stereocenters. The Balaban J connectivity index is 1.36. The number of hydrogen-bond donors (Lipinski definition) is 2. The molecule has 3 aromatic heterocycles. The fourth-order valence-electron chi connectivity index (χ4n) is 3.66. The Bertz CT molecular complexity index is 1080. The van der Waals surface area contributed by atoms with Crippen LogP contribution >= 0.6 is 0 Å². The maximum atomic E-state index is 4.68. The second-order valence-corrected chi connectivity index (χ2v) is 7.32. The number of aromatic amines is 1. The molecule has 0 aliphatic carbocycles. The highest BCUT2D eigenvalue weighted by Crippen LogP contribution is 2.25. The molecular weight excluding hydrogens is 352 g/mol. The smallest absolute Gasteiger partial charge is 0.227 e. The molecule has 0 amide bonds. The lowest BCUT2D eigenvalue weighted by atomic mass is 10.1. The Morgan fingerprint density at radius 1 is 1.11 bits per heavy atom. The van der Waals surface area contributed by atoms with Gasteiger partial charge in [-0.2, -0.15) is 10.2 Å². The molecule has 1 saturated heterocycles. The molecule has 2 N–H and O–H groups in total. The fraction of sp³-hybridized carbons (Fsp3) is 0.300. The van der Waals surface area contributed by atoms with Gasteiger partial charge in [0.25, 0.3) is 0 Å². The van der Waals surface area contributed by atoms with Gasteiger partial charge in [-0.25, -0.2) is 9.97 Å². The Morgan fingerprint density at radius 2 is 2.00 bits per heavy atom. The van der Waals surface area contributed by atoms with Crippen LogP contribution in [0.3, 0.4) is 0 Å². The van der Waals surface area contributed by atoms with E-state index in [0.29, 0.717) is 12.0 Å². The van der Waals surface area contributed by atoms with E-state index < -0.39 is 0 Å². The summed E-state index contributed by atoms with van der Waals surface area (Å²) in [5.41, 5.74) is 3.90. The van der Waals surface area contributed by atoms with Crippen molar-refractivity contribution in [2.45, 2.75) is 18.9 Å². The quantitative estimate of drug-likeness (QED) is 0.570. The van der Waals surface area contributed by atoms with E-state index in [4.69, 9.17) is 0 Å². The van der Waals surface area contributed by atoms with Crippen LogP contribution in [0.1, 0.15) is 18.9 Å². The number of hydrogen-bond acceptors (Lipinski definition) is 6. The maximum Gasteiger partial charge on any atom is 0.227 e. The Hall–Kier alpha value is -3.26. The van der Waals surface area contributed by atoms with Gasteiger partial charge in [-0.15, -0.1) is 0 Å². The molecule has 1 aliphatic rings. The van der Waals surface area contributed by atoms with Crippen molar-refractivity contribution < 1.29 is 0 Å². The summed E-state index contributed by atoms with van der Waals surface area (Å²) < 4.78 is 2.06. The molecule has 28 heavy (non-hydrogen) atoms. The number of likely N-dealkylation sites (tertiary alicyclic amines) is 1. The second-order valence-electron chi connectivity index (χ2n) is 7.32. The highest BCUT2D eigenvalue weighted by Gasteiger charge is 2.19. The minimum absolute atomic E-state index is 0.460. The minimum atomic E-state index is 0.460. The molecule has 8 heteroatoms. The summed E-state index contributed by atoms with van der Waals surface area (Å²) in [7, 11) is 2.17. The molecule has 1 fully saturated rings. The van der Waals surface area contributed by atoms with Gasteiger partial charge in [-0.3, -0.25) is 9.78 Å². The number of rotatable bonds is 4. The highest BCUT2D eigenvalue weighted by molar-refractivity contribution is 5.84. The van der Waals surface area contributed by atoms with E-state index in [1.54, 1.807) is 6.20 Å². The molecule has 1 aromatic carbocycles. The first-order chi connectivity index (χ1) is 13.7. The number of nitrogens with zero attached hydrogens (tertiary/aromatic N) is 6. The lowest BCUT2D eigenvalue weighted by Gasteiger charge is -2.28. The third kappa shape index (κ3) is 3.34. The number of nitrogens with one attached hydrogen (secondary N) is 2. The van der Waals surface area contributed by atoms with Crippen LogP contribution in [0.5, 0.6) is 0 Å². The predicted octanol–water partition coefficient (Wildman–Crippen LogP) is 3.23. The first kappa shape index (κ1) is 16.9. The maximum absolute atomic E-state index is 4.68. The van der Waals surface area contributed by atoms with Gasteiger partial charge in [-0.05, 0) is 44.6 Å².